The molecule has 59 heavy (non-hydrogen) atoms. The Morgan fingerprint density at radius 3 is 2.05 bits per heavy atom. The minimum absolute atomic E-state index is 0.0580. The summed E-state index contributed by atoms with van der Waals surface area (Å²) in [5, 5.41) is 15.8. The van der Waals surface area contributed by atoms with Gasteiger partial charge in [-0.25, -0.2) is 4.98 Å². The second-order valence-corrected chi connectivity index (χ2v) is 17.7. The molecule has 10 rings (SSSR count). The van der Waals surface area contributed by atoms with Crippen molar-refractivity contribution >= 4 is 43.7 Å². The zero-order valence-electron chi connectivity index (χ0n) is 34.2. The predicted molar refractivity (Wildman–Crippen MR) is 244 cm³/mol. The topological polar surface area (TPSA) is 64.1 Å². The molecule has 0 aliphatic carbocycles. The largest absolute Gasteiger partial charge is 0.507 e. The number of nitrogens with zero attached hydrogens (tertiary/aromatic N) is 3. The lowest BCUT2D eigenvalue weighted by molar-refractivity contribution is 0.477. The molecule has 5 heteroatoms. The first-order valence-electron chi connectivity index (χ1n) is 20.3. The van der Waals surface area contributed by atoms with Gasteiger partial charge < -0.3 is 9.52 Å². The van der Waals surface area contributed by atoms with Crippen LogP contribution >= 0.6 is 0 Å². The number of benzene rings is 7. The number of fused-ring (bicyclic) bond motifs is 6. The number of pyridine rings is 1. The van der Waals surface area contributed by atoms with Gasteiger partial charge in [-0.3, -0.25) is 9.55 Å². The zero-order chi connectivity index (χ0) is 40.6. The van der Waals surface area contributed by atoms with Gasteiger partial charge in [-0.2, -0.15) is 0 Å². The molecule has 0 aliphatic rings. The molecule has 0 saturated heterocycles. The second kappa shape index (κ2) is 13.6. The standard InChI is InChI=1S/C54H45N3O2/c1-53(2,3)37-24-25-43(42(32-37)33-15-8-7-9-16-33)57-44-21-14-20-40(51(44)56-52(57)41-19-12-13-22-45(41)58)35-29-36(31-38(30-35)54(4,5)6)50-49-47(27-28-55-50)59-46-26-23-34-17-10-11-18-39(34)48(46)49/h7-32,58H,1-6H3. The fourth-order valence-electron chi connectivity index (χ4n) is 8.52. The van der Waals surface area contributed by atoms with Crippen molar-refractivity contribution in [3.05, 3.63) is 169 Å². The highest BCUT2D eigenvalue weighted by molar-refractivity contribution is 6.22. The number of phenols is 1. The van der Waals surface area contributed by atoms with Crippen molar-refractivity contribution in [3.63, 3.8) is 0 Å². The van der Waals surface area contributed by atoms with Gasteiger partial charge >= 0.3 is 0 Å². The average Bonchev–Trinajstić information content (AvgIpc) is 3.82. The molecule has 0 atom stereocenters. The predicted octanol–water partition coefficient (Wildman–Crippen LogP) is 14.4. The molecule has 0 bridgehead atoms. The molecular formula is C54H45N3O2. The molecule has 5 nitrogen and oxygen atoms in total. The van der Waals surface area contributed by atoms with Crippen LogP contribution in [0.15, 0.2) is 162 Å². The maximum Gasteiger partial charge on any atom is 0.149 e. The maximum absolute atomic E-state index is 11.4. The normalized spacial score (nSPS) is 12.3. The summed E-state index contributed by atoms with van der Waals surface area (Å²) >= 11 is 0. The molecule has 3 aromatic heterocycles. The van der Waals surface area contributed by atoms with E-state index < -0.39 is 0 Å². The van der Waals surface area contributed by atoms with Crippen LogP contribution in [0.2, 0.25) is 0 Å². The summed E-state index contributed by atoms with van der Waals surface area (Å²) in [5.41, 5.74) is 13.4. The lowest BCUT2D eigenvalue weighted by Crippen LogP contribution is -2.12. The van der Waals surface area contributed by atoms with Gasteiger partial charge in [0, 0.05) is 28.3 Å². The highest BCUT2D eigenvalue weighted by atomic mass is 16.3. The van der Waals surface area contributed by atoms with E-state index in [1.165, 1.54) is 11.1 Å². The third-order valence-electron chi connectivity index (χ3n) is 11.7. The Morgan fingerprint density at radius 2 is 1.25 bits per heavy atom. The lowest BCUT2D eigenvalue weighted by atomic mass is 9.83. The zero-order valence-corrected chi connectivity index (χ0v) is 34.2. The number of hydrogen-bond acceptors (Lipinski definition) is 4. The fourth-order valence-corrected chi connectivity index (χ4v) is 8.52. The van der Waals surface area contributed by atoms with Crippen LogP contribution < -0.4 is 0 Å². The highest BCUT2D eigenvalue weighted by Crippen LogP contribution is 2.44. The number of hydrogen-bond donors (Lipinski definition) is 1. The van der Waals surface area contributed by atoms with Crippen LogP contribution in [0.1, 0.15) is 52.7 Å². The number of rotatable bonds is 5. The molecule has 1 N–H and O–H groups in total. The van der Waals surface area contributed by atoms with Gasteiger partial charge in [0.25, 0.3) is 0 Å². The SMILES string of the molecule is CC(C)(C)c1cc(-c2cccc3c2nc(-c2ccccc2O)n3-c2ccc(C(C)(C)C)cc2-c2ccccc2)cc(-c2nccc3oc4ccc5ccccc5c4c23)c1. The Balaban J connectivity index is 1.26. The van der Waals surface area contributed by atoms with Crippen LogP contribution in [0.5, 0.6) is 5.75 Å². The van der Waals surface area contributed by atoms with Crippen LogP contribution in [0.3, 0.4) is 0 Å². The minimum Gasteiger partial charge on any atom is -0.507 e. The Labute approximate surface area is 344 Å². The lowest BCUT2D eigenvalue weighted by Gasteiger charge is -2.23. The Morgan fingerprint density at radius 1 is 0.542 bits per heavy atom. The van der Waals surface area contributed by atoms with Crippen LogP contribution in [0, 0.1) is 0 Å². The summed E-state index contributed by atoms with van der Waals surface area (Å²) in [6, 6.07) is 52.7. The van der Waals surface area contributed by atoms with E-state index in [1.807, 2.05) is 30.5 Å². The first-order chi connectivity index (χ1) is 28.4. The van der Waals surface area contributed by atoms with Gasteiger partial charge in [0.05, 0.1) is 33.4 Å². The molecular weight excluding hydrogens is 723 g/mol. The van der Waals surface area contributed by atoms with Crippen LogP contribution in [-0.4, -0.2) is 19.6 Å². The molecule has 7 aromatic carbocycles. The molecule has 0 spiro atoms. The Kier molecular flexibility index (Phi) is 8.36. The van der Waals surface area contributed by atoms with Crippen LogP contribution in [0.4, 0.5) is 0 Å². The monoisotopic (exact) mass is 767 g/mol. The molecule has 0 unspecified atom stereocenters. The van der Waals surface area contributed by atoms with Crippen molar-refractivity contribution in [1.29, 1.82) is 0 Å². The van der Waals surface area contributed by atoms with Crippen molar-refractivity contribution < 1.29 is 9.52 Å². The number of furan rings is 1. The van der Waals surface area contributed by atoms with E-state index in [9.17, 15) is 5.11 Å². The fraction of sp³-hybridized carbons (Fsp3) is 0.148. The van der Waals surface area contributed by atoms with Gasteiger partial charge in [0.1, 0.15) is 22.7 Å². The maximum atomic E-state index is 11.4. The molecule has 0 amide bonds. The first kappa shape index (κ1) is 36.4. The highest BCUT2D eigenvalue weighted by Gasteiger charge is 2.25. The van der Waals surface area contributed by atoms with Crippen molar-refractivity contribution in [2.45, 2.75) is 52.4 Å². The first-order valence-corrected chi connectivity index (χ1v) is 20.3. The van der Waals surface area contributed by atoms with Crippen molar-refractivity contribution in [2.75, 3.05) is 0 Å². The molecule has 3 heterocycles. The number of phenolic OH excluding ortho intramolecular Hbond substituents is 1. The summed E-state index contributed by atoms with van der Waals surface area (Å²) < 4.78 is 8.72. The van der Waals surface area contributed by atoms with E-state index in [-0.39, 0.29) is 16.6 Å². The number of aromatic nitrogens is 3. The molecule has 288 valence electrons. The van der Waals surface area contributed by atoms with Gasteiger partial charge in [-0.15, -0.1) is 0 Å². The molecule has 0 aliphatic heterocycles. The van der Waals surface area contributed by atoms with Crippen molar-refractivity contribution in [3.8, 4) is 56.3 Å². The summed E-state index contributed by atoms with van der Waals surface area (Å²) in [5.74, 6) is 0.843. The molecule has 0 saturated carbocycles. The third kappa shape index (κ3) is 6.16. The van der Waals surface area contributed by atoms with Gasteiger partial charge in [0.15, 0.2) is 0 Å². The minimum atomic E-state index is -0.169. The average molecular weight is 768 g/mol. The summed E-state index contributed by atoms with van der Waals surface area (Å²) in [6.07, 6.45) is 1.85. The van der Waals surface area contributed by atoms with E-state index in [0.717, 1.165) is 82.9 Å². The second-order valence-electron chi connectivity index (χ2n) is 17.7. The van der Waals surface area contributed by atoms with E-state index >= 15 is 0 Å². The smallest absolute Gasteiger partial charge is 0.149 e. The third-order valence-corrected chi connectivity index (χ3v) is 11.7. The number of para-hydroxylation sites is 2. The molecule has 0 radical (unpaired) electrons. The van der Waals surface area contributed by atoms with Gasteiger partial charge in [-0.05, 0) is 98.5 Å². The van der Waals surface area contributed by atoms with E-state index in [2.05, 4.69) is 167 Å². The van der Waals surface area contributed by atoms with Crippen LogP contribution in [-0.2, 0) is 10.8 Å². The Hall–Kier alpha value is -6.98. The van der Waals surface area contributed by atoms with E-state index in [0.29, 0.717) is 11.4 Å². The Bertz CT molecular complexity index is 3250. The molecule has 10 aromatic rings. The van der Waals surface area contributed by atoms with Crippen molar-refractivity contribution in [1.82, 2.24) is 14.5 Å². The number of imidazole rings is 1. The summed E-state index contributed by atoms with van der Waals surface area (Å²) in [4.78, 5) is 10.6. The van der Waals surface area contributed by atoms with Gasteiger partial charge in [0.2, 0.25) is 0 Å². The summed E-state index contributed by atoms with van der Waals surface area (Å²) in [6.45, 7) is 13.5. The van der Waals surface area contributed by atoms with Crippen molar-refractivity contribution in [2.24, 2.45) is 0 Å². The van der Waals surface area contributed by atoms with Crippen LogP contribution in [0.25, 0.3) is 94.3 Å². The summed E-state index contributed by atoms with van der Waals surface area (Å²) in [7, 11) is 0. The van der Waals surface area contributed by atoms with E-state index in [4.69, 9.17) is 14.4 Å². The number of aromatic hydroxyl groups is 1. The quantitative estimate of drug-likeness (QED) is 0.189. The van der Waals surface area contributed by atoms with E-state index in [1.54, 1.807) is 6.07 Å². The molecule has 0 fully saturated rings. The van der Waals surface area contributed by atoms with Gasteiger partial charge in [-0.1, -0.05) is 139 Å².